The molecular weight excluding hydrogens is 277 g/mol. The summed E-state index contributed by atoms with van der Waals surface area (Å²) in [7, 11) is 0. The molecule has 0 amide bonds. The quantitative estimate of drug-likeness (QED) is 0.792. The lowest BCUT2D eigenvalue weighted by molar-refractivity contribution is 0.303. The largest absolute Gasteiger partial charge is 0.493 e. The molecule has 2 aromatic carbocycles. The van der Waals surface area contributed by atoms with E-state index in [-0.39, 0.29) is 5.82 Å². The fraction of sp³-hybridized carbons (Fsp3) is 0.316. The molecule has 0 heterocycles. The predicted molar refractivity (Wildman–Crippen MR) is 85.5 cm³/mol. The van der Waals surface area contributed by atoms with Crippen molar-refractivity contribution in [2.75, 3.05) is 6.61 Å². The average Bonchev–Trinajstić information content (AvgIpc) is 2.50. The SMILES string of the molecule is Cc1cc(C)c(OCCC(C#N)c2ccccc2F)cc1C. The summed E-state index contributed by atoms with van der Waals surface area (Å²) in [6.45, 7) is 6.49. The molecule has 114 valence electrons. The third kappa shape index (κ3) is 3.65. The molecule has 0 aromatic heterocycles. The average molecular weight is 297 g/mol. The molecule has 0 aliphatic rings. The van der Waals surface area contributed by atoms with Gasteiger partial charge in [0.2, 0.25) is 0 Å². The molecule has 2 aromatic rings. The summed E-state index contributed by atoms with van der Waals surface area (Å²) < 4.78 is 19.5. The maximum atomic E-state index is 13.7. The molecule has 0 aliphatic heterocycles. The molecule has 0 bridgehead atoms. The number of nitriles is 1. The Labute approximate surface area is 131 Å². The Hall–Kier alpha value is -2.34. The minimum absolute atomic E-state index is 0.337. The Bertz CT molecular complexity index is 703. The van der Waals surface area contributed by atoms with Gasteiger partial charge < -0.3 is 4.74 Å². The van der Waals surface area contributed by atoms with Gasteiger partial charge in [0.25, 0.3) is 0 Å². The standard InChI is InChI=1S/C19H20FNO/c1-13-10-15(3)19(11-14(13)2)22-9-8-16(12-21)17-6-4-5-7-18(17)20/h4-7,10-11,16H,8-9H2,1-3H3. The molecule has 0 fully saturated rings. The van der Waals surface area contributed by atoms with Crippen molar-refractivity contribution in [2.45, 2.75) is 33.1 Å². The first-order valence-corrected chi connectivity index (χ1v) is 7.37. The highest BCUT2D eigenvalue weighted by atomic mass is 19.1. The van der Waals surface area contributed by atoms with Crippen molar-refractivity contribution in [1.82, 2.24) is 0 Å². The fourth-order valence-corrected chi connectivity index (χ4v) is 2.42. The van der Waals surface area contributed by atoms with Gasteiger partial charge in [0.15, 0.2) is 0 Å². The predicted octanol–water partition coefficient (Wildman–Crippen LogP) is 4.83. The molecule has 0 radical (unpaired) electrons. The van der Waals surface area contributed by atoms with Gasteiger partial charge in [-0.2, -0.15) is 5.26 Å². The van der Waals surface area contributed by atoms with Crippen LogP contribution >= 0.6 is 0 Å². The van der Waals surface area contributed by atoms with Crippen LogP contribution in [0.15, 0.2) is 36.4 Å². The van der Waals surface area contributed by atoms with Crippen LogP contribution in [0.4, 0.5) is 4.39 Å². The molecule has 2 nitrogen and oxygen atoms in total. The van der Waals surface area contributed by atoms with Crippen LogP contribution in [-0.2, 0) is 0 Å². The van der Waals surface area contributed by atoms with Gasteiger partial charge >= 0.3 is 0 Å². The normalized spacial score (nSPS) is 11.8. The van der Waals surface area contributed by atoms with Crippen LogP contribution in [0.3, 0.4) is 0 Å². The van der Waals surface area contributed by atoms with Crippen molar-refractivity contribution in [1.29, 1.82) is 5.26 Å². The van der Waals surface area contributed by atoms with Crippen LogP contribution in [0.2, 0.25) is 0 Å². The zero-order valence-corrected chi connectivity index (χ0v) is 13.2. The second-order valence-corrected chi connectivity index (χ2v) is 5.54. The lowest BCUT2D eigenvalue weighted by Crippen LogP contribution is -2.07. The minimum Gasteiger partial charge on any atom is -0.493 e. The molecule has 1 atom stereocenters. The Balaban J connectivity index is 2.03. The van der Waals surface area contributed by atoms with Crippen molar-refractivity contribution in [3.63, 3.8) is 0 Å². The second-order valence-electron chi connectivity index (χ2n) is 5.54. The summed E-state index contributed by atoms with van der Waals surface area (Å²) in [5.74, 6) is -0.00205. The van der Waals surface area contributed by atoms with Crippen molar-refractivity contribution in [3.05, 3.63) is 64.5 Å². The highest BCUT2D eigenvalue weighted by molar-refractivity contribution is 5.40. The van der Waals surface area contributed by atoms with Crippen molar-refractivity contribution in [3.8, 4) is 11.8 Å². The zero-order chi connectivity index (χ0) is 16.1. The molecule has 0 spiro atoms. The van der Waals surface area contributed by atoms with Gasteiger partial charge in [-0.05, 0) is 49.6 Å². The number of ether oxygens (including phenoxy) is 1. The summed E-state index contributed by atoms with van der Waals surface area (Å²) >= 11 is 0. The van der Waals surface area contributed by atoms with Gasteiger partial charge in [-0.25, -0.2) is 4.39 Å². The van der Waals surface area contributed by atoms with E-state index >= 15 is 0 Å². The van der Waals surface area contributed by atoms with Gasteiger partial charge in [-0.1, -0.05) is 24.3 Å². The lowest BCUT2D eigenvalue weighted by Gasteiger charge is -2.14. The summed E-state index contributed by atoms with van der Waals surface area (Å²) in [5, 5.41) is 9.26. The second kappa shape index (κ2) is 7.09. The third-order valence-electron chi connectivity index (χ3n) is 3.89. The number of aryl methyl sites for hydroxylation is 3. The van der Waals surface area contributed by atoms with Gasteiger partial charge in [0.05, 0.1) is 18.6 Å². The van der Waals surface area contributed by atoms with E-state index in [4.69, 9.17) is 4.74 Å². The van der Waals surface area contributed by atoms with Crippen molar-refractivity contribution < 1.29 is 9.13 Å². The first kappa shape index (κ1) is 16.0. The highest BCUT2D eigenvalue weighted by Gasteiger charge is 2.15. The smallest absolute Gasteiger partial charge is 0.127 e. The fourth-order valence-electron chi connectivity index (χ4n) is 2.42. The number of nitrogens with zero attached hydrogens (tertiary/aromatic N) is 1. The minimum atomic E-state index is -0.493. The van der Waals surface area contributed by atoms with E-state index < -0.39 is 5.92 Å². The third-order valence-corrected chi connectivity index (χ3v) is 3.89. The maximum absolute atomic E-state index is 13.7. The van der Waals surface area contributed by atoms with Crippen LogP contribution in [0.5, 0.6) is 5.75 Å². The molecular formula is C19H20FNO. The van der Waals surface area contributed by atoms with Crippen molar-refractivity contribution in [2.24, 2.45) is 0 Å². The Morgan fingerprint density at radius 2 is 1.77 bits per heavy atom. The van der Waals surface area contributed by atoms with Crippen molar-refractivity contribution >= 4 is 0 Å². The number of hydrogen-bond acceptors (Lipinski definition) is 2. The first-order valence-electron chi connectivity index (χ1n) is 7.37. The Morgan fingerprint density at radius 3 is 2.45 bits per heavy atom. The molecule has 0 N–H and O–H groups in total. The number of rotatable bonds is 5. The Morgan fingerprint density at radius 1 is 1.09 bits per heavy atom. The number of halogens is 1. The van der Waals surface area contributed by atoms with E-state index in [0.29, 0.717) is 18.6 Å². The van der Waals surface area contributed by atoms with Gasteiger partial charge in [-0.15, -0.1) is 0 Å². The summed E-state index contributed by atoms with van der Waals surface area (Å²) in [4.78, 5) is 0. The van der Waals surface area contributed by atoms with Gasteiger partial charge in [0.1, 0.15) is 11.6 Å². The van der Waals surface area contributed by atoms with E-state index in [1.54, 1.807) is 18.2 Å². The van der Waals surface area contributed by atoms with E-state index in [0.717, 1.165) is 11.3 Å². The monoisotopic (exact) mass is 297 g/mol. The molecule has 22 heavy (non-hydrogen) atoms. The summed E-state index contributed by atoms with van der Waals surface area (Å²) in [5.41, 5.74) is 3.91. The van der Waals surface area contributed by atoms with Crippen LogP contribution in [0.25, 0.3) is 0 Å². The zero-order valence-electron chi connectivity index (χ0n) is 13.2. The summed E-state index contributed by atoms with van der Waals surface area (Å²) in [6, 6.07) is 12.7. The molecule has 1 unspecified atom stereocenters. The Kier molecular flexibility index (Phi) is 5.16. The lowest BCUT2D eigenvalue weighted by atomic mass is 9.97. The number of benzene rings is 2. The summed E-state index contributed by atoms with van der Waals surface area (Å²) in [6.07, 6.45) is 0.462. The molecule has 0 saturated carbocycles. The van der Waals surface area contributed by atoms with E-state index in [1.807, 2.05) is 19.9 Å². The van der Waals surface area contributed by atoms with Crippen LogP contribution in [0.1, 0.15) is 34.6 Å². The number of hydrogen-bond donors (Lipinski definition) is 0. The molecule has 0 aliphatic carbocycles. The van der Waals surface area contributed by atoms with Crippen LogP contribution in [0, 0.1) is 37.9 Å². The van der Waals surface area contributed by atoms with Gasteiger partial charge in [0, 0.05) is 12.0 Å². The first-order chi connectivity index (χ1) is 10.5. The topological polar surface area (TPSA) is 33.0 Å². The molecule has 3 heteroatoms. The maximum Gasteiger partial charge on any atom is 0.127 e. The molecule has 2 rings (SSSR count). The van der Waals surface area contributed by atoms with Gasteiger partial charge in [-0.3, -0.25) is 0 Å². The van der Waals surface area contributed by atoms with Crippen LogP contribution in [-0.4, -0.2) is 6.61 Å². The van der Waals surface area contributed by atoms with Crippen LogP contribution < -0.4 is 4.74 Å². The van der Waals surface area contributed by atoms with E-state index in [2.05, 4.69) is 19.1 Å². The van der Waals surface area contributed by atoms with E-state index in [9.17, 15) is 9.65 Å². The molecule has 0 saturated heterocycles. The van der Waals surface area contributed by atoms with E-state index in [1.165, 1.54) is 17.2 Å². The highest BCUT2D eigenvalue weighted by Crippen LogP contribution is 2.25.